The van der Waals surface area contributed by atoms with Crippen molar-refractivity contribution in [3.05, 3.63) is 53.6 Å². The predicted molar refractivity (Wildman–Crippen MR) is 105 cm³/mol. The van der Waals surface area contributed by atoms with Crippen LogP contribution in [0.5, 0.6) is 5.75 Å². The number of nitrogens with zero attached hydrogens (tertiary/aromatic N) is 1. The van der Waals surface area contributed by atoms with E-state index in [0.29, 0.717) is 19.0 Å². The van der Waals surface area contributed by atoms with Gasteiger partial charge >= 0.3 is 6.03 Å². The molecular formula is C18H20ClN3O5S. The second-order valence-electron chi connectivity index (χ2n) is 5.89. The molecule has 2 N–H and O–H groups in total. The Balaban J connectivity index is 1.63. The van der Waals surface area contributed by atoms with E-state index in [1.807, 2.05) is 18.2 Å². The fourth-order valence-corrected chi connectivity index (χ4v) is 4.16. The summed E-state index contributed by atoms with van der Waals surface area (Å²) in [5, 5.41) is 5.29. The smallest absolute Gasteiger partial charge is 0.321 e. The number of benzene rings is 2. The topological polar surface area (TPSA) is 97.0 Å². The Morgan fingerprint density at radius 1 is 1.14 bits per heavy atom. The second kappa shape index (κ2) is 9.24. The Labute approximate surface area is 168 Å². The highest BCUT2D eigenvalue weighted by Crippen LogP contribution is 2.27. The van der Waals surface area contributed by atoms with Crippen molar-refractivity contribution in [3.63, 3.8) is 0 Å². The molecule has 8 nitrogen and oxygen atoms in total. The number of sulfonamides is 1. The molecule has 3 rings (SSSR count). The molecule has 0 atom stereocenters. The van der Waals surface area contributed by atoms with Gasteiger partial charge in [0, 0.05) is 13.1 Å². The summed E-state index contributed by atoms with van der Waals surface area (Å²) in [7, 11) is -3.69. The summed E-state index contributed by atoms with van der Waals surface area (Å²) in [6.45, 7) is 1.21. The van der Waals surface area contributed by atoms with E-state index in [-0.39, 0.29) is 35.4 Å². The van der Waals surface area contributed by atoms with Crippen molar-refractivity contribution in [1.29, 1.82) is 0 Å². The maximum atomic E-state index is 12.7. The molecule has 2 aromatic rings. The van der Waals surface area contributed by atoms with Gasteiger partial charge in [0.1, 0.15) is 5.75 Å². The first-order valence-corrected chi connectivity index (χ1v) is 10.4. The summed E-state index contributed by atoms with van der Waals surface area (Å²) in [4.78, 5) is 12.1. The Kier molecular flexibility index (Phi) is 6.74. The van der Waals surface area contributed by atoms with Crippen LogP contribution in [-0.2, 0) is 14.8 Å². The molecule has 0 aromatic heterocycles. The number of halogens is 1. The normalized spacial score (nSPS) is 15.0. The number of ether oxygens (including phenoxy) is 2. The lowest BCUT2D eigenvalue weighted by atomic mass is 10.3. The number of para-hydroxylation sites is 1. The summed E-state index contributed by atoms with van der Waals surface area (Å²) < 4.78 is 37.4. The molecule has 150 valence electrons. The van der Waals surface area contributed by atoms with Gasteiger partial charge in [-0.2, -0.15) is 4.31 Å². The van der Waals surface area contributed by atoms with E-state index >= 15 is 0 Å². The van der Waals surface area contributed by atoms with E-state index in [2.05, 4.69) is 10.6 Å². The van der Waals surface area contributed by atoms with Gasteiger partial charge in [0.2, 0.25) is 10.0 Å². The number of morpholine rings is 1. The van der Waals surface area contributed by atoms with Crippen LogP contribution in [0.1, 0.15) is 0 Å². The van der Waals surface area contributed by atoms with Gasteiger partial charge in [-0.15, -0.1) is 0 Å². The van der Waals surface area contributed by atoms with Crippen molar-refractivity contribution in [3.8, 4) is 5.75 Å². The van der Waals surface area contributed by atoms with Gasteiger partial charge in [0.15, 0.2) is 6.73 Å². The van der Waals surface area contributed by atoms with Crippen LogP contribution in [0.2, 0.25) is 5.02 Å². The summed E-state index contributed by atoms with van der Waals surface area (Å²) in [6, 6.07) is 12.6. The van der Waals surface area contributed by atoms with Crippen LogP contribution in [0.25, 0.3) is 0 Å². The molecule has 0 radical (unpaired) electrons. The molecule has 1 saturated heterocycles. The van der Waals surface area contributed by atoms with Gasteiger partial charge < -0.3 is 20.1 Å². The molecule has 1 fully saturated rings. The van der Waals surface area contributed by atoms with Gasteiger partial charge in [-0.1, -0.05) is 29.8 Å². The number of urea groups is 1. The Morgan fingerprint density at radius 3 is 2.57 bits per heavy atom. The van der Waals surface area contributed by atoms with Gasteiger partial charge in [0.25, 0.3) is 0 Å². The zero-order valence-corrected chi connectivity index (χ0v) is 16.5. The maximum absolute atomic E-state index is 12.7. The molecule has 1 aliphatic rings. The van der Waals surface area contributed by atoms with E-state index in [9.17, 15) is 13.2 Å². The molecule has 0 aliphatic carbocycles. The largest absolute Gasteiger partial charge is 0.473 e. The van der Waals surface area contributed by atoms with E-state index < -0.39 is 16.1 Å². The molecule has 10 heteroatoms. The van der Waals surface area contributed by atoms with E-state index in [0.717, 1.165) is 0 Å². The summed E-state index contributed by atoms with van der Waals surface area (Å²) in [5.41, 5.74) is 0.188. The molecule has 1 aliphatic heterocycles. The Bertz CT molecular complexity index is 918. The lowest BCUT2D eigenvalue weighted by Crippen LogP contribution is -2.40. The molecule has 0 unspecified atom stereocenters. The summed E-state index contributed by atoms with van der Waals surface area (Å²) in [5.74, 6) is 0.611. The van der Waals surface area contributed by atoms with Crippen molar-refractivity contribution in [2.45, 2.75) is 4.90 Å². The number of nitrogens with one attached hydrogen (secondary N) is 2. The van der Waals surface area contributed by atoms with Crippen LogP contribution in [0.15, 0.2) is 53.4 Å². The predicted octanol–water partition coefficient (Wildman–Crippen LogP) is 2.52. The van der Waals surface area contributed by atoms with E-state index in [1.165, 1.54) is 22.5 Å². The third-order valence-electron chi connectivity index (χ3n) is 4.01. The van der Waals surface area contributed by atoms with Crippen molar-refractivity contribution in [2.24, 2.45) is 0 Å². The van der Waals surface area contributed by atoms with Crippen LogP contribution in [0.3, 0.4) is 0 Å². The molecule has 0 spiro atoms. The molecular weight excluding hydrogens is 406 g/mol. The first-order valence-electron chi connectivity index (χ1n) is 8.57. The van der Waals surface area contributed by atoms with E-state index in [1.54, 1.807) is 12.1 Å². The minimum Gasteiger partial charge on any atom is -0.473 e. The monoisotopic (exact) mass is 425 g/mol. The quantitative estimate of drug-likeness (QED) is 0.693. The fourth-order valence-electron chi connectivity index (χ4n) is 2.56. The van der Waals surface area contributed by atoms with Gasteiger partial charge in [-0.25, -0.2) is 13.2 Å². The molecule has 0 bridgehead atoms. The number of hydrogen-bond acceptors (Lipinski definition) is 5. The highest BCUT2D eigenvalue weighted by atomic mass is 35.5. The van der Waals surface area contributed by atoms with E-state index in [4.69, 9.17) is 21.1 Å². The third kappa shape index (κ3) is 5.14. The Hall–Kier alpha value is -2.33. The average Bonchev–Trinajstić information content (AvgIpc) is 2.71. The van der Waals surface area contributed by atoms with Crippen molar-refractivity contribution in [1.82, 2.24) is 9.62 Å². The molecule has 0 saturated carbocycles. The Morgan fingerprint density at radius 2 is 1.86 bits per heavy atom. The lowest BCUT2D eigenvalue weighted by molar-refractivity contribution is 0.0730. The average molecular weight is 426 g/mol. The zero-order valence-electron chi connectivity index (χ0n) is 14.9. The first-order chi connectivity index (χ1) is 13.5. The SMILES string of the molecule is O=C(NCOc1ccccc1)Nc1cc(S(=O)(=O)N2CCOCC2)ccc1Cl. The first kappa shape index (κ1) is 20.4. The number of carbonyl (C=O) groups is 1. The fraction of sp³-hybridized carbons (Fsp3) is 0.278. The summed E-state index contributed by atoms with van der Waals surface area (Å²) >= 11 is 6.10. The lowest BCUT2D eigenvalue weighted by Gasteiger charge is -2.26. The molecule has 28 heavy (non-hydrogen) atoms. The number of carbonyl (C=O) groups excluding carboxylic acids is 1. The van der Waals surface area contributed by atoms with Gasteiger partial charge in [-0.3, -0.25) is 0 Å². The van der Waals surface area contributed by atoms with Crippen LogP contribution >= 0.6 is 11.6 Å². The minimum absolute atomic E-state index is 0.0506. The minimum atomic E-state index is -3.69. The van der Waals surface area contributed by atoms with Gasteiger partial charge in [0.05, 0.1) is 28.8 Å². The zero-order chi connectivity index (χ0) is 20.0. The highest BCUT2D eigenvalue weighted by molar-refractivity contribution is 7.89. The molecule has 1 heterocycles. The number of hydrogen-bond donors (Lipinski definition) is 2. The maximum Gasteiger partial charge on any atom is 0.321 e. The van der Waals surface area contributed by atoms with Crippen molar-refractivity contribution in [2.75, 3.05) is 38.4 Å². The van der Waals surface area contributed by atoms with Crippen molar-refractivity contribution >= 4 is 33.3 Å². The van der Waals surface area contributed by atoms with Crippen LogP contribution in [-0.4, -0.2) is 51.8 Å². The highest BCUT2D eigenvalue weighted by Gasteiger charge is 2.27. The number of amides is 2. The van der Waals surface area contributed by atoms with Crippen LogP contribution < -0.4 is 15.4 Å². The van der Waals surface area contributed by atoms with Crippen molar-refractivity contribution < 1.29 is 22.7 Å². The van der Waals surface area contributed by atoms with Crippen LogP contribution in [0, 0.1) is 0 Å². The number of rotatable bonds is 6. The van der Waals surface area contributed by atoms with Gasteiger partial charge in [-0.05, 0) is 30.3 Å². The third-order valence-corrected chi connectivity index (χ3v) is 6.23. The second-order valence-corrected chi connectivity index (χ2v) is 8.24. The summed E-state index contributed by atoms with van der Waals surface area (Å²) in [6.07, 6.45) is 0. The standard InChI is InChI=1S/C18H20ClN3O5S/c19-16-7-6-15(28(24,25)22-8-10-26-11-9-22)12-17(16)21-18(23)20-13-27-14-4-2-1-3-5-14/h1-7,12H,8-11,13H2,(H2,20,21,23). The van der Waals surface area contributed by atoms with Crippen LogP contribution in [0.4, 0.5) is 10.5 Å². The number of anilines is 1. The molecule has 2 amide bonds. The molecule has 2 aromatic carbocycles.